The average molecular weight is 198 g/mol. The molecule has 0 aliphatic rings. The van der Waals surface area contributed by atoms with E-state index >= 15 is 0 Å². The van der Waals surface area contributed by atoms with Gasteiger partial charge in [-0.25, -0.2) is 4.79 Å². The minimum Gasteiger partial charge on any atom is -0.507 e. The molecule has 1 unspecified atom stereocenters. The molecule has 0 fully saturated rings. The Morgan fingerprint density at radius 2 is 2.07 bits per heavy atom. The van der Waals surface area contributed by atoms with Gasteiger partial charge < -0.3 is 20.4 Å². The third-order valence-electron chi connectivity index (χ3n) is 1.83. The van der Waals surface area contributed by atoms with Gasteiger partial charge in [-0.05, 0) is 6.07 Å². The number of hydrogen-bond donors (Lipinski definition) is 4. The Morgan fingerprint density at radius 1 is 1.43 bits per heavy atom. The summed E-state index contributed by atoms with van der Waals surface area (Å²) in [5, 5.41) is 35.9. The van der Waals surface area contributed by atoms with Gasteiger partial charge in [0.1, 0.15) is 17.4 Å². The molecule has 0 radical (unpaired) electrons. The van der Waals surface area contributed by atoms with Gasteiger partial charge in [0.25, 0.3) is 0 Å². The number of aliphatic hydroxyl groups is 2. The van der Waals surface area contributed by atoms with Gasteiger partial charge in [0.2, 0.25) is 0 Å². The van der Waals surface area contributed by atoms with E-state index in [4.69, 9.17) is 10.2 Å². The summed E-state index contributed by atoms with van der Waals surface area (Å²) in [6, 6.07) is 3.95. The fraction of sp³-hybridized carbons (Fsp3) is 0.222. The van der Waals surface area contributed by atoms with Crippen LogP contribution in [0, 0.1) is 0 Å². The lowest BCUT2D eigenvalue weighted by molar-refractivity contribution is 0.0690. The highest BCUT2D eigenvalue weighted by Crippen LogP contribution is 2.27. The third-order valence-corrected chi connectivity index (χ3v) is 1.83. The molecule has 1 aromatic carbocycles. The lowest BCUT2D eigenvalue weighted by Crippen LogP contribution is -2.05. The van der Waals surface area contributed by atoms with Crippen molar-refractivity contribution in [2.75, 3.05) is 6.61 Å². The maximum atomic E-state index is 10.6. The van der Waals surface area contributed by atoms with Crippen LogP contribution < -0.4 is 0 Å². The fourth-order valence-corrected chi connectivity index (χ4v) is 1.10. The molecule has 0 aromatic heterocycles. The van der Waals surface area contributed by atoms with Crippen LogP contribution in [0.3, 0.4) is 0 Å². The van der Waals surface area contributed by atoms with Gasteiger partial charge in [-0.2, -0.15) is 0 Å². The van der Waals surface area contributed by atoms with Crippen LogP contribution in [-0.4, -0.2) is 33.0 Å². The zero-order chi connectivity index (χ0) is 10.7. The molecule has 0 amide bonds. The predicted molar refractivity (Wildman–Crippen MR) is 47.1 cm³/mol. The maximum Gasteiger partial charge on any atom is 0.339 e. The molecule has 0 bridgehead atoms. The van der Waals surface area contributed by atoms with Crippen molar-refractivity contribution in [3.8, 4) is 5.75 Å². The number of carbonyl (C=O) groups is 1. The molecule has 0 saturated heterocycles. The average Bonchev–Trinajstić information content (AvgIpc) is 2.16. The zero-order valence-corrected chi connectivity index (χ0v) is 7.21. The smallest absolute Gasteiger partial charge is 0.339 e. The van der Waals surface area contributed by atoms with Crippen LogP contribution in [0.15, 0.2) is 18.2 Å². The summed E-state index contributed by atoms with van der Waals surface area (Å²) in [4.78, 5) is 10.6. The Kier molecular flexibility index (Phi) is 3.06. The van der Waals surface area contributed by atoms with E-state index in [0.29, 0.717) is 0 Å². The number of aromatic hydroxyl groups is 1. The van der Waals surface area contributed by atoms with Crippen molar-refractivity contribution < 1.29 is 25.2 Å². The van der Waals surface area contributed by atoms with Crippen LogP contribution in [0.5, 0.6) is 5.75 Å². The van der Waals surface area contributed by atoms with E-state index < -0.39 is 24.4 Å². The van der Waals surface area contributed by atoms with Gasteiger partial charge in [-0.15, -0.1) is 0 Å². The highest BCUT2D eigenvalue weighted by atomic mass is 16.4. The number of carboxylic acid groups (broad SMARTS) is 1. The van der Waals surface area contributed by atoms with Gasteiger partial charge in [0.05, 0.1) is 6.61 Å². The second-order valence-corrected chi connectivity index (χ2v) is 2.75. The second kappa shape index (κ2) is 4.08. The molecule has 1 atom stereocenters. The molecule has 4 N–H and O–H groups in total. The van der Waals surface area contributed by atoms with Crippen molar-refractivity contribution in [3.63, 3.8) is 0 Å². The number of hydrogen-bond acceptors (Lipinski definition) is 4. The topological polar surface area (TPSA) is 98.0 Å². The van der Waals surface area contributed by atoms with Crippen LogP contribution in [0.25, 0.3) is 0 Å². The van der Waals surface area contributed by atoms with Crippen molar-refractivity contribution >= 4 is 5.97 Å². The molecule has 0 heterocycles. The molecule has 0 spiro atoms. The number of benzene rings is 1. The molecule has 1 aromatic rings. The van der Waals surface area contributed by atoms with Crippen molar-refractivity contribution in [1.82, 2.24) is 0 Å². The SMILES string of the molecule is O=C(O)c1cccc(C(O)CO)c1O. The number of rotatable bonds is 3. The zero-order valence-electron chi connectivity index (χ0n) is 7.21. The summed E-state index contributed by atoms with van der Waals surface area (Å²) < 4.78 is 0. The van der Waals surface area contributed by atoms with Crippen LogP contribution >= 0.6 is 0 Å². The minimum atomic E-state index is -1.28. The number of para-hydroxylation sites is 1. The van der Waals surface area contributed by atoms with Crippen LogP contribution in [0.2, 0.25) is 0 Å². The van der Waals surface area contributed by atoms with Crippen molar-refractivity contribution in [1.29, 1.82) is 0 Å². The standard InChI is InChI=1S/C9H10O5/c10-4-7(11)5-2-1-3-6(8(5)12)9(13)14/h1-3,7,10-12H,4H2,(H,13,14). The first-order valence-corrected chi connectivity index (χ1v) is 3.92. The molecule has 14 heavy (non-hydrogen) atoms. The Bertz CT molecular complexity index is 347. The lowest BCUT2D eigenvalue weighted by Gasteiger charge is -2.10. The molecule has 76 valence electrons. The molecule has 5 nitrogen and oxygen atoms in total. The van der Waals surface area contributed by atoms with Gasteiger partial charge in [-0.1, -0.05) is 12.1 Å². The Labute approximate surface area is 79.9 Å². The Morgan fingerprint density at radius 3 is 2.57 bits per heavy atom. The normalized spacial score (nSPS) is 12.4. The monoisotopic (exact) mass is 198 g/mol. The van der Waals surface area contributed by atoms with Crippen LogP contribution in [0.4, 0.5) is 0 Å². The van der Waals surface area contributed by atoms with E-state index in [1.165, 1.54) is 18.2 Å². The summed E-state index contributed by atoms with van der Waals surface area (Å²) >= 11 is 0. The van der Waals surface area contributed by atoms with E-state index in [1.807, 2.05) is 0 Å². The molecular weight excluding hydrogens is 188 g/mol. The summed E-state index contributed by atoms with van der Waals surface area (Å²) in [5.74, 6) is -1.80. The summed E-state index contributed by atoms with van der Waals surface area (Å²) in [6.45, 7) is -0.573. The van der Waals surface area contributed by atoms with Crippen molar-refractivity contribution in [3.05, 3.63) is 29.3 Å². The molecule has 1 rings (SSSR count). The quantitative estimate of drug-likeness (QED) is 0.552. The van der Waals surface area contributed by atoms with Gasteiger partial charge >= 0.3 is 5.97 Å². The number of phenols is 1. The lowest BCUT2D eigenvalue weighted by atomic mass is 10.0. The molecule has 0 saturated carbocycles. The minimum absolute atomic E-state index is 0.00685. The molecule has 0 aliphatic heterocycles. The number of aliphatic hydroxyl groups excluding tert-OH is 2. The van der Waals surface area contributed by atoms with Crippen molar-refractivity contribution in [2.24, 2.45) is 0 Å². The summed E-state index contributed by atoms with van der Waals surface area (Å²) in [5.41, 5.74) is -0.289. The highest BCUT2D eigenvalue weighted by molar-refractivity contribution is 5.91. The number of carboxylic acids is 1. The summed E-state index contributed by atoms with van der Waals surface area (Å²) in [7, 11) is 0. The fourth-order valence-electron chi connectivity index (χ4n) is 1.10. The molecule has 5 heteroatoms. The molecular formula is C9H10O5. The van der Waals surface area contributed by atoms with Crippen LogP contribution in [-0.2, 0) is 0 Å². The van der Waals surface area contributed by atoms with E-state index in [1.54, 1.807) is 0 Å². The van der Waals surface area contributed by atoms with E-state index in [0.717, 1.165) is 0 Å². The first-order valence-electron chi connectivity index (χ1n) is 3.92. The highest BCUT2D eigenvalue weighted by Gasteiger charge is 2.17. The first kappa shape index (κ1) is 10.5. The first-order chi connectivity index (χ1) is 6.57. The predicted octanol–water partition coefficient (Wildman–Crippen LogP) is 0.116. The van der Waals surface area contributed by atoms with E-state index in [-0.39, 0.29) is 11.1 Å². The third kappa shape index (κ3) is 1.84. The molecule has 0 aliphatic carbocycles. The van der Waals surface area contributed by atoms with E-state index in [2.05, 4.69) is 0 Å². The number of aromatic carboxylic acids is 1. The Hall–Kier alpha value is -1.59. The largest absolute Gasteiger partial charge is 0.507 e. The van der Waals surface area contributed by atoms with Crippen molar-refractivity contribution in [2.45, 2.75) is 6.10 Å². The maximum absolute atomic E-state index is 10.6. The van der Waals surface area contributed by atoms with Gasteiger partial charge in [0.15, 0.2) is 0 Å². The van der Waals surface area contributed by atoms with E-state index in [9.17, 15) is 15.0 Å². The second-order valence-electron chi connectivity index (χ2n) is 2.75. The Balaban J connectivity index is 3.20. The van der Waals surface area contributed by atoms with Gasteiger partial charge in [-0.3, -0.25) is 0 Å². The van der Waals surface area contributed by atoms with Crippen LogP contribution in [0.1, 0.15) is 22.0 Å². The summed E-state index contributed by atoms with van der Waals surface area (Å²) in [6.07, 6.45) is -1.27. The van der Waals surface area contributed by atoms with Gasteiger partial charge in [0, 0.05) is 5.56 Å².